The Hall–Kier alpha value is -2.16. The Labute approximate surface area is 112 Å². The molecule has 3 heteroatoms. The van der Waals surface area contributed by atoms with Gasteiger partial charge in [0.25, 0.3) is 0 Å². The van der Waals surface area contributed by atoms with E-state index in [1.807, 2.05) is 24.3 Å². The summed E-state index contributed by atoms with van der Waals surface area (Å²) < 4.78 is 13.9. The predicted octanol–water partition coefficient (Wildman–Crippen LogP) is 3.16. The molecule has 2 rings (SSSR count). The van der Waals surface area contributed by atoms with E-state index in [2.05, 4.69) is 0 Å². The first-order valence-electron chi connectivity index (χ1n) is 6.21. The largest absolute Gasteiger partial charge is 0.369 e. The molecule has 19 heavy (non-hydrogen) atoms. The number of carbonyl (C=O) groups excluding carboxylic acids is 1. The van der Waals surface area contributed by atoms with Crippen molar-refractivity contribution in [3.05, 3.63) is 59.9 Å². The number of carbonyl (C=O) groups is 1. The zero-order valence-corrected chi connectivity index (χ0v) is 10.8. The Morgan fingerprint density at radius 1 is 1.11 bits per heavy atom. The van der Waals surface area contributed by atoms with E-state index in [-0.39, 0.29) is 17.6 Å². The molecule has 0 heterocycles. The van der Waals surface area contributed by atoms with Crippen LogP contribution in [0.5, 0.6) is 0 Å². The van der Waals surface area contributed by atoms with Crippen LogP contribution < -0.4 is 5.73 Å². The molecule has 98 valence electrons. The van der Waals surface area contributed by atoms with E-state index in [9.17, 15) is 9.18 Å². The lowest BCUT2D eigenvalue weighted by Gasteiger charge is -2.13. The van der Waals surface area contributed by atoms with Crippen LogP contribution in [-0.2, 0) is 11.2 Å². The minimum Gasteiger partial charge on any atom is -0.369 e. The van der Waals surface area contributed by atoms with Gasteiger partial charge >= 0.3 is 0 Å². The molecule has 2 aromatic rings. The lowest BCUT2D eigenvalue weighted by molar-refractivity contribution is -0.121. The molecule has 0 spiro atoms. The van der Waals surface area contributed by atoms with Gasteiger partial charge in [-0.1, -0.05) is 49.4 Å². The molecule has 1 atom stereocenters. The van der Waals surface area contributed by atoms with Crippen molar-refractivity contribution < 1.29 is 9.18 Å². The third-order valence-corrected chi connectivity index (χ3v) is 3.19. The van der Waals surface area contributed by atoms with Crippen molar-refractivity contribution in [1.29, 1.82) is 0 Å². The van der Waals surface area contributed by atoms with E-state index in [0.717, 1.165) is 11.1 Å². The van der Waals surface area contributed by atoms with Crippen LogP contribution in [-0.4, -0.2) is 5.91 Å². The summed E-state index contributed by atoms with van der Waals surface area (Å²) >= 11 is 0. The van der Waals surface area contributed by atoms with Crippen molar-refractivity contribution >= 4 is 5.91 Å². The van der Waals surface area contributed by atoms with Gasteiger partial charge in [-0.2, -0.15) is 0 Å². The number of benzene rings is 2. The molecule has 0 aliphatic rings. The Morgan fingerprint density at radius 2 is 1.68 bits per heavy atom. The summed E-state index contributed by atoms with van der Waals surface area (Å²) in [6.45, 7) is 1.78. The molecule has 2 N–H and O–H groups in total. The first kappa shape index (κ1) is 13.3. The second-order valence-corrected chi connectivity index (χ2v) is 4.64. The van der Waals surface area contributed by atoms with Crippen LogP contribution in [0.1, 0.15) is 12.5 Å². The molecule has 0 aliphatic heterocycles. The Balaban J connectivity index is 2.42. The van der Waals surface area contributed by atoms with Crippen LogP contribution in [0.3, 0.4) is 0 Å². The predicted molar refractivity (Wildman–Crippen MR) is 73.9 cm³/mol. The van der Waals surface area contributed by atoms with Gasteiger partial charge in [-0.25, -0.2) is 4.39 Å². The van der Waals surface area contributed by atoms with Crippen LogP contribution in [0, 0.1) is 11.7 Å². The molecule has 0 saturated heterocycles. The molecule has 0 fully saturated rings. The second kappa shape index (κ2) is 5.65. The van der Waals surface area contributed by atoms with Crippen LogP contribution in [0.4, 0.5) is 4.39 Å². The van der Waals surface area contributed by atoms with Crippen LogP contribution in [0.25, 0.3) is 11.1 Å². The minimum absolute atomic E-state index is 0.262. The first-order valence-corrected chi connectivity index (χ1v) is 6.21. The quantitative estimate of drug-likeness (QED) is 0.898. The fraction of sp³-hybridized carbons (Fsp3) is 0.188. The summed E-state index contributed by atoms with van der Waals surface area (Å²) in [6, 6.07) is 14.1. The smallest absolute Gasteiger partial charge is 0.220 e. The van der Waals surface area contributed by atoms with Crippen LogP contribution in [0.15, 0.2) is 48.5 Å². The average molecular weight is 257 g/mol. The van der Waals surface area contributed by atoms with Crippen LogP contribution >= 0.6 is 0 Å². The third kappa shape index (κ3) is 2.99. The van der Waals surface area contributed by atoms with Crippen molar-refractivity contribution in [2.75, 3.05) is 0 Å². The highest BCUT2D eigenvalue weighted by Crippen LogP contribution is 2.27. The van der Waals surface area contributed by atoms with Crippen molar-refractivity contribution in [1.82, 2.24) is 0 Å². The molecule has 2 aromatic carbocycles. The van der Waals surface area contributed by atoms with Crippen molar-refractivity contribution in [2.45, 2.75) is 13.3 Å². The number of hydrogen-bond donors (Lipinski definition) is 1. The van der Waals surface area contributed by atoms with Gasteiger partial charge in [0, 0.05) is 11.5 Å². The second-order valence-electron chi connectivity index (χ2n) is 4.64. The van der Waals surface area contributed by atoms with E-state index in [1.54, 1.807) is 25.1 Å². The highest BCUT2D eigenvalue weighted by Gasteiger charge is 2.14. The molecular formula is C16H16FNO. The standard InChI is InChI=1S/C16H16FNO/c1-11(16(18)19)10-12-6-2-3-7-13(12)14-8-4-5-9-15(14)17/h2-9,11H,10H2,1H3,(H2,18,19). The average Bonchev–Trinajstić information content (AvgIpc) is 2.40. The summed E-state index contributed by atoms with van der Waals surface area (Å²) in [6.07, 6.45) is 0.514. The van der Waals surface area contributed by atoms with E-state index in [4.69, 9.17) is 5.73 Å². The van der Waals surface area contributed by atoms with Gasteiger partial charge in [0.15, 0.2) is 0 Å². The lowest BCUT2D eigenvalue weighted by Crippen LogP contribution is -2.22. The number of nitrogens with two attached hydrogens (primary N) is 1. The van der Waals surface area contributed by atoms with Crippen molar-refractivity contribution in [3.8, 4) is 11.1 Å². The maximum Gasteiger partial charge on any atom is 0.220 e. The summed E-state index contributed by atoms with van der Waals surface area (Å²) in [5.41, 5.74) is 7.58. The summed E-state index contributed by atoms with van der Waals surface area (Å²) in [5, 5.41) is 0. The third-order valence-electron chi connectivity index (χ3n) is 3.19. The molecule has 0 radical (unpaired) electrons. The van der Waals surface area contributed by atoms with Gasteiger partial charge in [0.1, 0.15) is 5.82 Å². The zero-order chi connectivity index (χ0) is 13.8. The highest BCUT2D eigenvalue weighted by molar-refractivity contribution is 5.77. The number of hydrogen-bond acceptors (Lipinski definition) is 1. The maximum atomic E-state index is 13.9. The van der Waals surface area contributed by atoms with E-state index in [1.165, 1.54) is 6.07 Å². The molecule has 0 bridgehead atoms. The number of amides is 1. The summed E-state index contributed by atoms with van der Waals surface area (Å²) in [5.74, 6) is -0.877. The molecule has 2 nitrogen and oxygen atoms in total. The van der Waals surface area contributed by atoms with E-state index in [0.29, 0.717) is 12.0 Å². The molecule has 0 saturated carbocycles. The van der Waals surface area contributed by atoms with Crippen molar-refractivity contribution in [2.24, 2.45) is 11.7 Å². The monoisotopic (exact) mass is 257 g/mol. The normalized spacial score (nSPS) is 12.1. The SMILES string of the molecule is CC(Cc1ccccc1-c1ccccc1F)C(N)=O. The fourth-order valence-electron chi connectivity index (χ4n) is 2.07. The lowest BCUT2D eigenvalue weighted by atomic mass is 9.92. The number of primary amides is 1. The highest BCUT2D eigenvalue weighted by atomic mass is 19.1. The molecule has 0 aromatic heterocycles. The number of halogens is 1. The molecule has 1 amide bonds. The van der Waals surface area contributed by atoms with Gasteiger partial charge < -0.3 is 5.73 Å². The minimum atomic E-state index is -0.344. The number of rotatable bonds is 4. The fourth-order valence-corrected chi connectivity index (χ4v) is 2.07. The first-order chi connectivity index (χ1) is 9.09. The topological polar surface area (TPSA) is 43.1 Å². The van der Waals surface area contributed by atoms with Crippen molar-refractivity contribution in [3.63, 3.8) is 0 Å². The van der Waals surface area contributed by atoms with Gasteiger partial charge in [-0.3, -0.25) is 4.79 Å². The maximum absolute atomic E-state index is 13.9. The molecule has 1 unspecified atom stereocenters. The van der Waals surface area contributed by atoms with Gasteiger partial charge in [0.2, 0.25) is 5.91 Å². The van der Waals surface area contributed by atoms with Gasteiger partial charge in [0.05, 0.1) is 0 Å². The Kier molecular flexibility index (Phi) is 3.95. The van der Waals surface area contributed by atoms with E-state index >= 15 is 0 Å². The Bertz CT molecular complexity index is 595. The summed E-state index contributed by atoms with van der Waals surface area (Å²) in [4.78, 5) is 11.2. The van der Waals surface area contributed by atoms with Gasteiger partial charge in [-0.05, 0) is 23.6 Å². The molecular weight excluding hydrogens is 241 g/mol. The Morgan fingerprint density at radius 3 is 2.32 bits per heavy atom. The molecule has 0 aliphatic carbocycles. The van der Waals surface area contributed by atoms with E-state index < -0.39 is 0 Å². The van der Waals surface area contributed by atoms with Gasteiger partial charge in [-0.15, -0.1) is 0 Å². The van der Waals surface area contributed by atoms with Crippen LogP contribution in [0.2, 0.25) is 0 Å². The zero-order valence-electron chi connectivity index (χ0n) is 10.8. The summed E-state index contributed by atoms with van der Waals surface area (Å²) in [7, 11) is 0.